The summed E-state index contributed by atoms with van der Waals surface area (Å²) in [5, 5.41) is 10.8. The third-order valence-electron chi connectivity index (χ3n) is 5.16. The number of benzene rings is 5. The lowest BCUT2D eigenvalue weighted by Crippen LogP contribution is -2.17. The maximum Gasteiger partial charge on any atom is 0.00511 e. The Balaban J connectivity index is 2.07. The zero-order chi connectivity index (χ0) is 16.3. The molecule has 24 heavy (non-hydrogen) atoms. The van der Waals surface area contributed by atoms with E-state index in [9.17, 15) is 0 Å². The standard InChI is InChI=1S/C23H19N/c1-14(24)13-16-11-12-21-19-9-3-6-15-5-2-8-18(22(15)19)20-10-4-7-17(16)23(20)21/h2-12,14H,13,24H2,1H3. The van der Waals surface area contributed by atoms with Crippen LogP contribution in [0.3, 0.4) is 0 Å². The SMILES string of the molecule is CC(N)Cc1ccc2c3cccc4cccc(c5cccc1c52)c43. The van der Waals surface area contributed by atoms with Crippen LogP contribution in [0.2, 0.25) is 0 Å². The van der Waals surface area contributed by atoms with E-state index in [0.717, 1.165) is 6.42 Å². The van der Waals surface area contributed by atoms with Gasteiger partial charge < -0.3 is 5.73 Å². The molecule has 0 bridgehead atoms. The first-order valence-corrected chi connectivity index (χ1v) is 8.57. The topological polar surface area (TPSA) is 26.0 Å². The van der Waals surface area contributed by atoms with E-state index in [1.807, 2.05) is 0 Å². The summed E-state index contributed by atoms with van der Waals surface area (Å²) in [5.74, 6) is 0. The maximum absolute atomic E-state index is 6.08. The van der Waals surface area contributed by atoms with E-state index in [1.54, 1.807) is 0 Å². The van der Waals surface area contributed by atoms with E-state index in [0.29, 0.717) is 0 Å². The van der Waals surface area contributed by atoms with Gasteiger partial charge in [-0.05, 0) is 62.0 Å². The van der Waals surface area contributed by atoms with Gasteiger partial charge in [-0.2, -0.15) is 0 Å². The minimum Gasteiger partial charge on any atom is -0.328 e. The van der Waals surface area contributed by atoms with Crippen molar-refractivity contribution >= 4 is 43.1 Å². The van der Waals surface area contributed by atoms with E-state index in [2.05, 4.69) is 73.7 Å². The summed E-state index contributed by atoms with van der Waals surface area (Å²) in [7, 11) is 0. The lowest BCUT2D eigenvalue weighted by atomic mass is 9.87. The van der Waals surface area contributed by atoms with E-state index in [1.165, 1.54) is 48.7 Å². The smallest absolute Gasteiger partial charge is 0.00511 e. The molecule has 1 nitrogen and oxygen atoms in total. The normalized spacial score (nSPS) is 13.4. The molecule has 0 aliphatic rings. The van der Waals surface area contributed by atoms with Crippen LogP contribution in [0.15, 0.2) is 66.7 Å². The predicted octanol–water partition coefficient (Wildman–Crippen LogP) is 5.63. The van der Waals surface area contributed by atoms with Gasteiger partial charge in [0.2, 0.25) is 0 Å². The van der Waals surface area contributed by atoms with Crippen LogP contribution in [0, 0.1) is 0 Å². The van der Waals surface area contributed by atoms with Crippen LogP contribution in [0.5, 0.6) is 0 Å². The fraction of sp³-hybridized carbons (Fsp3) is 0.130. The van der Waals surface area contributed by atoms with Crippen LogP contribution in [0.1, 0.15) is 12.5 Å². The Hall–Kier alpha value is -2.64. The molecule has 0 aromatic heterocycles. The quantitative estimate of drug-likeness (QED) is 0.332. The van der Waals surface area contributed by atoms with Crippen LogP contribution in [-0.4, -0.2) is 6.04 Å². The van der Waals surface area contributed by atoms with Crippen molar-refractivity contribution in [3.8, 4) is 0 Å². The number of fused-ring (bicyclic) bond motifs is 2. The molecule has 0 saturated carbocycles. The molecule has 5 rings (SSSR count). The van der Waals surface area contributed by atoms with Gasteiger partial charge >= 0.3 is 0 Å². The molecule has 1 unspecified atom stereocenters. The van der Waals surface area contributed by atoms with E-state index in [-0.39, 0.29) is 6.04 Å². The molecular weight excluding hydrogens is 290 g/mol. The summed E-state index contributed by atoms with van der Waals surface area (Å²) in [4.78, 5) is 0. The molecule has 0 aliphatic heterocycles. The third kappa shape index (κ3) is 1.79. The zero-order valence-corrected chi connectivity index (χ0v) is 13.7. The van der Waals surface area contributed by atoms with Crippen LogP contribution in [0.4, 0.5) is 0 Å². The molecular formula is C23H19N. The molecule has 5 aromatic carbocycles. The first kappa shape index (κ1) is 13.8. The molecule has 0 heterocycles. The zero-order valence-electron chi connectivity index (χ0n) is 13.7. The van der Waals surface area contributed by atoms with E-state index < -0.39 is 0 Å². The Bertz CT molecular complexity index is 1150. The second-order valence-corrected chi connectivity index (χ2v) is 6.89. The average molecular weight is 309 g/mol. The summed E-state index contributed by atoms with van der Waals surface area (Å²) in [6.45, 7) is 2.07. The molecule has 0 fully saturated rings. The Morgan fingerprint density at radius 1 is 0.667 bits per heavy atom. The van der Waals surface area contributed by atoms with Gasteiger partial charge in [-0.25, -0.2) is 0 Å². The van der Waals surface area contributed by atoms with Gasteiger partial charge in [-0.15, -0.1) is 0 Å². The summed E-state index contributed by atoms with van der Waals surface area (Å²) < 4.78 is 0. The fourth-order valence-corrected chi connectivity index (χ4v) is 4.23. The minimum atomic E-state index is 0.168. The second-order valence-electron chi connectivity index (χ2n) is 6.89. The van der Waals surface area contributed by atoms with Crippen molar-refractivity contribution in [3.05, 3.63) is 72.3 Å². The first-order valence-electron chi connectivity index (χ1n) is 8.57. The van der Waals surface area contributed by atoms with Gasteiger partial charge in [0.15, 0.2) is 0 Å². The monoisotopic (exact) mass is 309 g/mol. The second kappa shape index (κ2) is 4.93. The van der Waals surface area contributed by atoms with Gasteiger partial charge in [-0.3, -0.25) is 0 Å². The van der Waals surface area contributed by atoms with Gasteiger partial charge in [0.25, 0.3) is 0 Å². The van der Waals surface area contributed by atoms with Crippen LogP contribution in [0.25, 0.3) is 43.1 Å². The lowest BCUT2D eigenvalue weighted by molar-refractivity contribution is 0.742. The summed E-state index contributed by atoms with van der Waals surface area (Å²) in [6, 6.07) is 24.6. The molecule has 2 N–H and O–H groups in total. The molecule has 0 spiro atoms. The number of hydrogen-bond acceptors (Lipinski definition) is 1. The van der Waals surface area contributed by atoms with E-state index in [4.69, 9.17) is 5.73 Å². The highest BCUT2D eigenvalue weighted by molar-refractivity contribution is 6.33. The van der Waals surface area contributed by atoms with Crippen LogP contribution in [-0.2, 0) is 6.42 Å². The first-order chi connectivity index (χ1) is 11.7. The maximum atomic E-state index is 6.08. The predicted molar refractivity (Wildman–Crippen MR) is 105 cm³/mol. The molecule has 0 saturated heterocycles. The Labute approximate surface area is 141 Å². The van der Waals surface area contributed by atoms with Crippen molar-refractivity contribution in [1.82, 2.24) is 0 Å². The molecule has 0 amide bonds. The number of hydrogen-bond donors (Lipinski definition) is 1. The summed E-state index contributed by atoms with van der Waals surface area (Å²) in [5.41, 5.74) is 7.42. The highest BCUT2D eigenvalue weighted by Crippen LogP contribution is 2.40. The van der Waals surface area contributed by atoms with Crippen molar-refractivity contribution in [3.63, 3.8) is 0 Å². The van der Waals surface area contributed by atoms with Gasteiger partial charge in [0, 0.05) is 6.04 Å². The lowest BCUT2D eigenvalue weighted by Gasteiger charge is -2.17. The van der Waals surface area contributed by atoms with E-state index >= 15 is 0 Å². The Kier molecular flexibility index (Phi) is 2.83. The third-order valence-corrected chi connectivity index (χ3v) is 5.16. The van der Waals surface area contributed by atoms with Crippen LogP contribution < -0.4 is 5.73 Å². The largest absolute Gasteiger partial charge is 0.328 e. The van der Waals surface area contributed by atoms with Crippen molar-refractivity contribution in [1.29, 1.82) is 0 Å². The Morgan fingerprint density at radius 3 is 1.88 bits per heavy atom. The molecule has 5 aromatic rings. The van der Waals surface area contributed by atoms with Gasteiger partial charge in [0.1, 0.15) is 0 Å². The molecule has 1 heteroatoms. The fourth-order valence-electron chi connectivity index (χ4n) is 4.23. The summed E-state index contributed by atoms with van der Waals surface area (Å²) >= 11 is 0. The van der Waals surface area contributed by atoms with Crippen molar-refractivity contribution in [2.24, 2.45) is 5.73 Å². The average Bonchev–Trinajstić information content (AvgIpc) is 2.60. The highest BCUT2D eigenvalue weighted by Gasteiger charge is 2.14. The van der Waals surface area contributed by atoms with Crippen molar-refractivity contribution in [2.45, 2.75) is 19.4 Å². The molecule has 0 aliphatic carbocycles. The van der Waals surface area contributed by atoms with Gasteiger partial charge in [-0.1, -0.05) is 66.7 Å². The van der Waals surface area contributed by atoms with Crippen molar-refractivity contribution < 1.29 is 0 Å². The molecule has 0 radical (unpaired) electrons. The number of nitrogens with two attached hydrogens (primary N) is 1. The van der Waals surface area contributed by atoms with Crippen LogP contribution >= 0.6 is 0 Å². The highest BCUT2D eigenvalue weighted by atomic mass is 14.6. The molecule has 1 atom stereocenters. The molecule has 116 valence electrons. The van der Waals surface area contributed by atoms with Gasteiger partial charge in [0.05, 0.1) is 0 Å². The Morgan fingerprint density at radius 2 is 1.21 bits per heavy atom. The minimum absolute atomic E-state index is 0.168. The van der Waals surface area contributed by atoms with Crippen molar-refractivity contribution in [2.75, 3.05) is 0 Å². The number of rotatable bonds is 2. The summed E-state index contributed by atoms with van der Waals surface area (Å²) in [6.07, 6.45) is 0.909.